The first-order valence-corrected chi connectivity index (χ1v) is 12.1. The van der Waals surface area contributed by atoms with E-state index in [1.807, 2.05) is 6.92 Å². The predicted molar refractivity (Wildman–Crippen MR) is 149 cm³/mol. The molecule has 0 spiro atoms. The van der Waals surface area contributed by atoms with Gasteiger partial charge < -0.3 is 19.8 Å². The van der Waals surface area contributed by atoms with Crippen LogP contribution in [-0.2, 0) is 11.2 Å². The molecule has 10 heteroatoms. The van der Waals surface area contributed by atoms with Gasteiger partial charge in [-0.05, 0) is 67.4 Å². The van der Waals surface area contributed by atoms with Crippen LogP contribution in [0.1, 0.15) is 18.1 Å². The molecule has 0 aliphatic carbocycles. The van der Waals surface area contributed by atoms with E-state index in [4.69, 9.17) is 21.1 Å². The molecule has 4 aromatic rings. The van der Waals surface area contributed by atoms with Crippen LogP contribution in [-0.4, -0.2) is 35.0 Å². The standard InChI is InChI=1S/C28H25ClN4O5/c1-3-7-19-14-18(16-30-33-27(35)22-8-5-6-9-23(22)32-28(33)36)15-24(37-4-2)26(19)38-17-25(34)31-21-12-10-20(29)11-13-21/h3,5-6,8-16H,1,4,7,17H2,2H3,(H,31,34)(H,32,36). The summed E-state index contributed by atoms with van der Waals surface area (Å²) < 4.78 is 12.4. The minimum Gasteiger partial charge on any atom is -0.490 e. The van der Waals surface area contributed by atoms with Crippen LogP contribution in [0.15, 0.2) is 88.0 Å². The second-order valence-electron chi connectivity index (χ2n) is 8.11. The third-order valence-electron chi connectivity index (χ3n) is 5.40. The van der Waals surface area contributed by atoms with Crippen LogP contribution >= 0.6 is 11.6 Å². The van der Waals surface area contributed by atoms with Crippen molar-refractivity contribution in [2.45, 2.75) is 13.3 Å². The van der Waals surface area contributed by atoms with Gasteiger partial charge in [-0.25, -0.2) is 4.79 Å². The Morgan fingerprint density at radius 2 is 1.89 bits per heavy atom. The molecule has 0 saturated heterocycles. The lowest BCUT2D eigenvalue weighted by atomic mass is 10.1. The monoisotopic (exact) mass is 532 g/mol. The number of fused-ring (bicyclic) bond motifs is 1. The molecule has 0 bridgehead atoms. The third kappa shape index (κ3) is 6.19. The summed E-state index contributed by atoms with van der Waals surface area (Å²) in [5, 5.41) is 7.77. The lowest BCUT2D eigenvalue weighted by Gasteiger charge is -2.16. The number of hydrogen-bond acceptors (Lipinski definition) is 6. The average Bonchev–Trinajstić information content (AvgIpc) is 2.90. The molecule has 0 fully saturated rings. The van der Waals surface area contributed by atoms with E-state index in [0.29, 0.717) is 57.3 Å². The van der Waals surface area contributed by atoms with Crippen molar-refractivity contribution < 1.29 is 14.3 Å². The zero-order chi connectivity index (χ0) is 27.1. The summed E-state index contributed by atoms with van der Waals surface area (Å²) in [7, 11) is 0. The number of carbonyl (C=O) groups is 1. The number of aromatic nitrogens is 2. The molecule has 38 heavy (non-hydrogen) atoms. The van der Waals surface area contributed by atoms with Gasteiger partial charge in [-0.15, -0.1) is 11.3 Å². The van der Waals surface area contributed by atoms with E-state index in [1.165, 1.54) is 6.21 Å². The van der Waals surface area contributed by atoms with E-state index in [1.54, 1.807) is 66.7 Å². The Labute approximate surface area is 223 Å². The van der Waals surface area contributed by atoms with Gasteiger partial charge in [0.15, 0.2) is 18.1 Å². The van der Waals surface area contributed by atoms with Crippen molar-refractivity contribution in [2.75, 3.05) is 18.5 Å². The van der Waals surface area contributed by atoms with E-state index >= 15 is 0 Å². The Kier molecular flexibility index (Phi) is 8.40. The maximum Gasteiger partial charge on any atom is 0.349 e. The fourth-order valence-electron chi connectivity index (χ4n) is 3.74. The molecule has 194 valence electrons. The number of H-pyrrole nitrogens is 1. The number of benzene rings is 3. The maximum absolute atomic E-state index is 12.8. The van der Waals surface area contributed by atoms with E-state index in [2.05, 4.69) is 22.0 Å². The van der Waals surface area contributed by atoms with Crippen molar-refractivity contribution in [3.8, 4) is 11.5 Å². The summed E-state index contributed by atoms with van der Waals surface area (Å²) in [5.74, 6) is 0.406. The number of allylic oxidation sites excluding steroid dienone is 1. The molecular weight excluding hydrogens is 508 g/mol. The van der Waals surface area contributed by atoms with Crippen molar-refractivity contribution >= 4 is 40.3 Å². The number of nitrogens with one attached hydrogen (secondary N) is 2. The maximum atomic E-state index is 12.8. The summed E-state index contributed by atoms with van der Waals surface area (Å²) in [4.78, 5) is 40.4. The van der Waals surface area contributed by atoms with Gasteiger partial charge in [0.1, 0.15) is 0 Å². The van der Waals surface area contributed by atoms with E-state index < -0.39 is 11.2 Å². The minimum atomic E-state index is -0.659. The van der Waals surface area contributed by atoms with Crippen molar-refractivity contribution in [1.82, 2.24) is 9.66 Å². The Balaban J connectivity index is 1.62. The number of carbonyl (C=O) groups excluding carboxylic acids is 1. The number of ether oxygens (including phenoxy) is 2. The van der Waals surface area contributed by atoms with Crippen molar-refractivity contribution in [2.24, 2.45) is 5.10 Å². The highest BCUT2D eigenvalue weighted by atomic mass is 35.5. The number of hydrogen-bond donors (Lipinski definition) is 2. The Hall–Kier alpha value is -4.63. The zero-order valence-corrected chi connectivity index (χ0v) is 21.3. The lowest BCUT2D eigenvalue weighted by molar-refractivity contribution is -0.118. The molecular formula is C28H25ClN4O5. The van der Waals surface area contributed by atoms with Gasteiger partial charge in [0.05, 0.1) is 23.7 Å². The van der Waals surface area contributed by atoms with Crippen LogP contribution in [0.5, 0.6) is 11.5 Å². The van der Waals surface area contributed by atoms with Crippen LogP contribution in [0.3, 0.4) is 0 Å². The number of nitrogens with zero attached hydrogens (tertiary/aromatic N) is 2. The summed E-state index contributed by atoms with van der Waals surface area (Å²) in [6, 6.07) is 16.9. The number of rotatable bonds is 10. The molecule has 1 aromatic heterocycles. The average molecular weight is 533 g/mol. The molecule has 0 unspecified atom stereocenters. The first kappa shape index (κ1) is 26.4. The van der Waals surface area contributed by atoms with Gasteiger partial charge in [-0.2, -0.15) is 5.10 Å². The Morgan fingerprint density at radius 3 is 2.63 bits per heavy atom. The van der Waals surface area contributed by atoms with Gasteiger partial charge >= 0.3 is 5.69 Å². The Bertz CT molecular complexity index is 1620. The third-order valence-corrected chi connectivity index (χ3v) is 5.65. The highest BCUT2D eigenvalue weighted by Crippen LogP contribution is 2.33. The molecule has 3 aromatic carbocycles. The van der Waals surface area contributed by atoms with Gasteiger partial charge in [0.25, 0.3) is 11.5 Å². The summed E-state index contributed by atoms with van der Waals surface area (Å²) >= 11 is 5.89. The number of anilines is 1. The molecule has 0 aliphatic heterocycles. The van der Waals surface area contributed by atoms with Gasteiger partial charge in [0.2, 0.25) is 0 Å². The number of amides is 1. The Morgan fingerprint density at radius 1 is 1.13 bits per heavy atom. The normalized spacial score (nSPS) is 11.0. The molecule has 2 N–H and O–H groups in total. The zero-order valence-electron chi connectivity index (χ0n) is 20.6. The number of para-hydroxylation sites is 1. The molecule has 9 nitrogen and oxygen atoms in total. The second kappa shape index (κ2) is 12.1. The molecule has 0 radical (unpaired) electrons. The highest BCUT2D eigenvalue weighted by Gasteiger charge is 2.15. The van der Waals surface area contributed by atoms with Gasteiger partial charge in [-0.1, -0.05) is 29.8 Å². The lowest BCUT2D eigenvalue weighted by Crippen LogP contribution is -2.32. The summed E-state index contributed by atoms with van der Waals surface area (Å²) in [6.45, 7) is 5.69. The van der Waals surface area contributed by atoms with Crippen LogP contribution < -0.4 is 26.0 Å². The minimum absolute atomic E-state index is 0.262. The fourth-order valence-corrected chi connectivity index (χ4v) is 3.87. The van der Waals surface area contributed by atoms with Crippen molar-refractivity contribution in [3.05, 3.63) is 110 Å². The van der Waals surface area contributed by atoms with Crippen molar-refractivity contribution in [3.63, 3.8) is 0 Å². The smallest absolute Gasteiger partial charge is 0.349 e. The first-order valence-electron chi connectivity index (χ1n) is 11.8. The molecule has 0 saturated carbocycles. The van der Waals surface area contributed by atoms with Crippen molar-refractivity contribution in [1.29, 1.82) is 0 Å². The van der Waals surface area contributed by atoms with Gasteiger partial charge in [0, 0.05) is 16.3 Å². The number of halogens is 1. The van der Waals surface area contributed by atoms with Gasteiger partial charge in [-0.3, -0.25) is 9.59 Å². The summed E-state index contributed by atoms with van der Waals surface area (Å²) in [5.41, 5.74) is 1.07. The largest absolute Gasteiger partial charge is 0.490 e. The van der Waals surface area contributed by atoms with Crippen LogP contribution in [0.25, 0.3) is 10.9 Å². The van der Waals surface area contributed by atoms with E-state index in [-0.39, 0.29) is 12.5 Å². The summed E-state index contributed by atoms with van der Waals surface area (Å²) in [6.07, 6.45) is 3.48. The molecule has 4 rings (SSSR count). The first-order chi connectivity index (χ1) is 18.4. The van der Waals surface area contributed by atoms with E-state index in [9.17, 15) is 14.4 Å². The van der Waals surface area contributed by atoms with Crippen LogP contribution in [0.2, 0.25) is 5.02 Å². The van der Waals surface area contributed by atoms with Crippen LogP contribution in [0.4, 0.5) is 5.69 Å². The second-order valence-corrected chi connectivity index (χ2v) is 8.55. The van der Waals surface area contributed by atoms with Crippen LogP contribution in [0, 0.1) is 0 Å². The quantitative estimate of drug-likeness (QED) is 0.232. The highest BCUT2D eigenvalue weighted by molar-refractivity contribution is 6.30. The number of aromatic amines is 1. The van der Waals surface area contributed by atoms with E-state index in [0.717, 1.165) is 4.68 Å². The molecule has 0 aliphatic rings. The topological polar surface area (TPSA) is 115 Å². The molecule has 1 heterocycles. The predicted octanol–water partition coefficient (Wildman–Crippen LogP) is 4.37. The molecule has 1 amide bonds. The SMILES string of the molecule is C=CCc1cc(C=Nn2c(=O)[nH]c3ccccc3c2=O)cc(OCC)c1OCC(=O)Nc1ccc(Cl)cc1. The fraction of sp³-hybridized carbons (Fsp3) is 0.143. The molecule has 0 atom stereocenters.